The van der Waals surface area contributed by atoms with Crippen molar-refractivity contribution in [2.75, 3.05) is 13.7 Å². The molecule has 0 bridgehead atoms. The fourth-order valence-electron chi connectivity index (χ4n) is 5.23. The van der Waals surface area contributed by atoms with Gasteiger partial charge in [-0.2, -0.15) is 0 Å². The summed E-state index contributed by atoms with van der Waals surface area (Å²) >= 11 is 0. The van der Waals surface area contributed by atoms with Crippen molar-refractivity contribution in [2.45, 2.75) is 130 Å². The highest BCUT2D eigenvalue weighted by Crippen LogP contribution is 2.29. The number of rotatable bonds is 14. The Morgan fingerprint density at radius 2 is 1.61 bits per heavy atom. The van der Waals surface area contributed by atoms with E-state index in [4.69, 9.17) is 4.74 Å². The Morgan fingerprint density at radius 1 is 1.03 bits per heavy atom. The lowest BCUT2D eigenvalue weighted by Gasteiger charge is -2.40. The van der Waals surface area contributed by atoms with Crippen LogP contribution in [0.25, 0.3) is 0 Å². The first-order chi connectivity index (χ1) is 17.0. The van der Waals surface area contributed by atoms with Crippen molar-refractivity contribution in [1.29, 1.82) is 0 Å². The fourth-order valence-corrected chi connectivity index (χ4v) is 5.23. The van der Waals surface area contributed by atoms with E-state index in [0.717, 1.165) is 32.1 Å². The molecule has 0 aromatic heterocycles. The van der Waals surface area contributed by atoms with Crippen LogP contribution in [-0.2, 0) is 19.1 Å². The zero-order valence-corrected chi connectivity index (χ0v) is 24.4. The van der Waals surface area contributed by atoms with E-state index in [1.54, 1.807) is 25.8 Å². The van der Waals surface area contributed by atoms with E-state index in [2.05, 4.69) is 24.5 Å². The molecule has 7 heteroatoms. The van der Waals surface area contributed by atoms with Crippen molar-refractivity contribution >= 4 is 17.8 Å². The lowest BCUT2D eigenvalue weighted by atomic mass is 9.82. The van der Waals surface area contributed by atoms with Crippen molar-refractivity contribution in [2.24, 2.45) is 11.8 Å². The second-order valence-electron chi connectivity index (χ2n) is 10.8. The molecule has 0 aromatic carbocycles. The molecule has 0 aromatic rings. The number of nitrogens with one attached hydrogen (secondary N) is 2. The molecule has 0 spiro atoms. The maximum Gasteiger partial charge on any atom is 0.333 e. The van der Waals surface area contributed by atoms with Gasteiger partial charge in [-0.25, -0.2) is 4.79 Å². The van der Waals surface area contributed by atoms with Crippen LogP contribution in [0.1, 0.15) is 107 Å². The Kier molecular flexibility index (Phi) is 13.7. The highest BCUT2D eigenvalue weighted by atomic mass is 16.5. The third-order valence-electron chi connectivity index (χ3n) is 7.95. The van der Waals surface area contributed by atoms with Gasteiger partial charge >= 0.3 is 5.97 Å². The third-order valence-corrected chi connectivity index (χ3v) is 7.95. The van der Waals surface area contributed by atoms with Gasteiger partial charge in [0.2, 0.25) is 11.8 Å². The number of likely N-dealkylation sites (N-methyl/N-ethyl adjacent to an activating group) is 1. The van der Waals surface area contributed by atoms with Crippen molar-refractivity contribution in [1.82, 2.24) is 15.5 Å². The molecule has 2 amide bonds. The van der Waals surface area contributed by atoms with Crippen LogP contribution < -0.4 is 10.6 Å². The smallest absolute Gasteiger partial charge is 0.333 e. The molecule has 1 aliphatic rings. The molecule has 1 rings (SSSR count). The second-order valence-corrected chi connectivity index (χ2v) is 10.8. The third kappa shape index (κ3) is 8.60. The van der Waals surface area contributed by atoms with Gasteiger partial charge in [-0.15, -0.1) is 0 Å². The molecular formula is C29H53N3O4. The van der Waals surface area contributed by atoms with Crippen molar-refractivity contribution < 1.29 is 19.1 Å². The van der Waals surface area contributed by atoms with Crippen LogP contribution in [0.2, 0.25) is 0 Å². The molecule has 1 saturated carbocycles. The minimum Gasteiger partial charge on any atom is -0.463 e. The standard InChI is InChI=1S/C29H53N3O4/c1-10-22(8)31-29(11-2,12-3)28(35)30-25(23-17-15-14-16-18-23)26(33)32(9)24(20(5)6)19-21(7)27(34)36-13-4/h19-20,22-25,31H,10-18H2,1-9H3,(H,30,35)/t22?,24-,25+/m1/s1. The Morgan fingerprint density at radius 3 is 2.08 bits per heavy atom. The molecule has 3 atom stereocenters. The molecular weight excluding hydrogens is 454 g/mol. The molecule has 1 aliphatic carbocycles. The fraction of sp³-hybridized carbons (Fsp3) is 0.828. The second kappa shape index (κ2) is 15.4. The molecule has 2 N–H and O–H groups in total. The monoisotopic (exact) mass is 507 g/mol. The van der Waals surface area contributed by atoms with Gasteiger partial charge in [0.25, 0.3) is 0 Å². The highest BCUT2D eigenvalue weighted by Gasteiger charge is 2.41. The summed E-state index contributed by atoms with van der Waals surface area (Å²) in [6.07, 6.45) is 9.22. The first-order valence-corrected chi connectivity index (χ1v) is 14.2. The van der Waals surface area contributed by atoms with Crippen molar-refractivity contribution in [3.63, 3.8) is 0 Å². The maximum atomic E-state index is 14.0. The van der Waals surface area contributed by atoms with Gasteiger partial charge < -0.3 is 20.3 Å². The summed E-state index contributed by atoms with van der Waals surface area (Å²) in [7, 11) is 1.79. The minimum absolute atomic E-state index is 0.0866. The van der Waals surface area contributed by atoms with E-state index < -0.39 is 11.6 Å². The molecule has 0 saturated heterocycles. The first-order valence-electron chi connectivity index (χ1n) is 14.2. The van der Waals surface area contributed by atoms with Crippen LogP contribution in [0.15, 0.2) is 11.6 Å². The molecule has 1 unspecified atom stereocenters. The number of ether oxygens (including phenoxy) is 1. The van der Waals surface area contributed by atoms with E-state index in [0.29, 0.717) is 25.0 Å². The SMILES string of the molecule is CCOC(=O)C(C)=C[C@H](C(C)C)N(C)C(=O)[C@@H](NC(=O)C(CC)(CC)NC(C)CC)C1CCCCC1. The largest absolute Gasteiger partial charge is 0.463 e. The average molecular weight is 508 g/mol. The van der Waals surface area contributed by atoms with Gasteiger partial charge in [-0.1, -0.05) is 60.0 Å². The molecule has 0 radical (unpaired) electrons. The molecule has 1 fully saturated rings. The van der Waals surface area contributed by atoms with Gasteiger partial charge in [0, 0.05) is 18.7 Å². The Labute approximate surface area is 220 Å². The summed E-state index contributed by atoms with van der Waals surface area (Å²) in [5.41, 5.74) is -0.221. The number of hydrogen-bond acceptors (Lipinski definition) is 5. The number of carbonyl (C=O) groups is 3. The highest BCUT2D eigenvalue weighted by molar-refractivity contribution is 5.93. The normalized spacial score (nSPS) is 17.9. The molecule has 36 heavy (non-hydrogen) atoms. The Hall–Kier alpha value is -1.89. The van der Waals surface area contributed by atoms with E-state index in [-0.39, 0.29) is 41.7 Å². The minimum atomic E-state index is -0.709. The van der Waals surface area contributed by atoms with Crippen LogP contribution in [0.4, 0.5) is 0 Å². The molecule has 0 aliphatic heterocycles. The summed E-state index contributed by atoms with van der Waals surface area (Å²) in [5, 5.41) is 6.77. The summed E-state index contributed by atoms with van der Waals surface area (Å²) in [6.45, 7) is 16.1. The summed E-state index contributed by atoms with van der Waals surface area (Å²) < 4.78 is 5.15. The summed E-state index contributed by atoms with van der Waals surface area (Å²) in [4.78, 5) is 41.8. The Bertz CT molecular complexity index is 739. The number of hydrogen-bond donors (Lipinski definition) is 2. The predicted octanol–water partition coefficient (Wildman–Crippen LogP) is 4.99. The summed E-state index contributed by atoms with van der Waals surface area (Å²) in [5.74, 6) is -0.358. The molecule has 7 nitrogen and oxygen atoms in total. The quantitative estimate of drug-likeness (QED) is 0.255. The van der Waals surface area contributed by atoms with Gasteiger partial charge in [0.15, 0.2) is 0 Å². The molecule has 0 heterocycles. The number of esters is 1. The maximum absolute atomic E-state index is 14.0. The number of amides is 2. The van der Waals surface area contributed by atoms with Crippen LogP contribution in [0, 0.1) is 11.8 Å². The Balaban J connectivity index is 3.30. The molecule has 208 valence electrons. The lowest BCUT2D eigenvalue weighted by Crippen LogP contribution is -2.63. The van der Waals surface area contributed by atoms with E-state index in [9.17, 15) is 14.4 Å². The topological polar surface area (TPSA) is 87.7 Å². The average Bonchev–Trinajstić information content (AvgIpc) is 2.88. The zero-order valence-electron chi connectivity index (χ0n) is 24.4. The zero-order chi connectivity index (χ0) is 27.5. The van der Waals surface area contributed by atoms with Gasteiger partial charge in [-0.3, -0.25) is 9.59 Å². The number of nitrogens with zero attached hydrogens (tertiary/aromatic N) is 1. The van der Waals surface area contributed by atoms with Crippen LogP contribution >= 0.6 is 0 Å². The first kappa shape index (κ1) is 32.1. The summed E-state index contributed by atoms with van der Waals surface area (Å²) in [6, 6.07) is -0.676. The van der Waals surface area contributed by atoms with Gasteiger partial charge in [0.05, 0.1) is 18.2 Å². The van der Waals surface area contributed by atoms with E-state index in [1.807, 2.05) is 33.8 Å². The van der Waals surface area contributed by atoms with Gasteiger partial charge in [-0.05, 0) is 64.7 Å². The van der Waals surface area contributed by atoms with Crippen molar-refractivity contribution in [3.05, 3.63) is 11.6 Å². The van der Waals surface area contributed by atoms with Crippen LogP contribution in [0.5, 0.6) is 0 Å². The van der Waals surface area contributed by atoms with Gasteiger partial charge in [0.1, 0.15) is 6.04 Å². The number of carbonyl (C=O) groups excluding carboxylic acids is 3. The van der Waals surface area contributed by atoms with Crippen LogP contribution in [-0.4, -0.2) is 60.0 Å². The van der Waals surface area contributed by atoms with Crippen molar-refractivity contribution in [3.8, 4) is 0 Å². The van der Waals surface area contributed by atoms with E-state index in [1.165, 1.54) is 6.42 Å². The lowest BCUT2D eigenvalue weighted by molar-refractivity contribution is -0.141. The van der Waals surface area contributed by atoms with Crippen LogP contribution in [0.3, 0.4) is 0 Å². The van der Waals surface area contributed by atoms with E-state index >= 15 is 0 Å². The predicted molar refractivity (Wildman–Crippen MR) is 146 cm³/mol.